The van der Waals surface area contributed by atoms with Gasteiger partial charge in [0.25, 0.3) is 0 Å². The molecule has 2 aromatic heterocycles. The van der Waals surface area contributed by atoms with Crippen LogP contribution in [0.1, 0.15) is 23.7 Å². The number of aliphatic hydroxyl groups excluding tert-OH is 2. The largest absolute Gasteiger partial charge is 0.466 e. The molecule has 17 heavy (non-hydrogen) atoms. The zero-order chi connectivity index (χ0) is 12.5. The van der Waals surface area contributed by atoms with E-state index in [1.54, 1.807) is 0 Å². The maximum Gasteiger partial charge on any atom is 0.313 e. The van der Waals surface area contributed by atoms with E-state index >= 15 is 0 Å². The Labute approximate surface area is 95.1 Å². The molecule has 0 aliphatic rings. The van der Waals surface area contributed by atoms with Crippen LogP contribution in [0.5, 0.6) is 0 Å². The predicted molar refractivity (Wildman–Crippen MR) is 52.3 cm³/mol. The number of halogens is 2. The van der Waals surface area contributed by atoms with Gasteiger partial charge in [-0.1, -0.05) is 0 Å². The second-order valence-corrected chi connectivity index (χ2v) is 3.51. The van der Waals surface area contributed by atoms with Gasteiger partial charge >= 0.3 is 5.92 Å². The van der Waals surface area contributed by atoms with Gasteiger partial charge in [-0.3, -0.25) is 0 Å². The number of rotatable bonds is 4. The van der Waals surface area contributed by atoms with Gasteiger partial charge in [0.1, 0.15) is 11.5 Å². The van der Waals surface area contributed by atoms with Crippen molar-refractivity contribution in [3.05, 3.63) is 48.3 Å². The predicted octanol–water partition coefficient (Wildman–Crippen LogP) is 2.27. The topological polar surface area (TPSA) is 66.7 Å². The normalized spacial score (nSPS) is 15.8. The molecule has 2 heterocycles. The molecule has 0 radical (unpaired) electrons. The average Bonchev–Trinajstić information content (AvgIpc) is 2.99. The first-order valence-corrected chi connectivity index (χ1v) is 4.84. The first kappa shape index (κ1) is 11.8. The molecule has 2 N–H and O–H groups in total. The summed E-state index contributed by atoms with van der Waals surface area (Å²) in [6.07, 6.45) is -2.16. The lowest BCUT2D eigenvalue weighted by molar-refractivity contribution is -0.191. The summed E-state index contributed by atoms with van der Waals surface area (Å²) >= 11 is 0. The minimum Gasteiger partial charge on any atom is -0.466 e. The Morgan fingerprint density at radius 1 is 0.941 bits per heavy atom. The van der Waals surface area contributed by atoms with Gasteiger partial charge < -0.3 is 19.0 Å². The monoisotopic (exact) mass is 244 g/mol. The molecule has 0 saturated heterocycles. The Kier molecular flexibility index (Phi) is 2.99. The number of hydrogen-bond donors (Lipinski definition) is 2. The molecule has 0 aliphatic carbocycles. The summed E-state index contributed by atoms with van der Waals surface area (Å²) in [6, 6.07) is 5.14. The third-order valence-corrected chi connectivity index (χ3v) is 2.35. The van der Waals surface area contributed by atoms with E-state index in [0.29, 0.717) is 0 Å². The molecule has 0 bridgehead atoms. The summed E-state index contributed by atoms with van der Waals surface area (Å²) in [5, 5.41) is 18.9. The van der Waals surface area contributed by atoms with Crippen LogP contribution in [0.3, 0.4) is 0 Å². The van der Waals surface area contributed by atoms with Crippen LogP contribution >= 0.6 is 0 Å². The van der Waals surface area contributed by atoms with Crippen molar-refractivity contribution >= 4 is 0 Å². The third-order valence-electron chi connectivity index (χ3n) is 2.35. The molecule has 0 aliphatic heterocycles. The SMILES string of the molecule is O[C@H](c1ccco1)C(F)(F)[C@H](O)c1ccco1. The first-order valence-electron chi connectivity index (χ1n) is 4.84. The van der Waals surface area contributed by atoms with E-state index in [4.69, 9.17) is 0 Å². The van der Waals surface area contributed by atoms with Crippen LogP contribution in [-0.2, 0) is 0 Å². The van der Waals surface area contributed by atoms with Crippen LogP contribution < -0.4 is 0 Å². The van der Waals surface area contributed by atoms with Gasteiger partial charge in [-0.05, 0) is 24.3 Å². The van der Waals surface area contributed by atoms with Gasteiger partial charge in [-0.25, -0.2) is 0 Å². The standard InChI is InChI=1S/C11H10F2O4/c12-11(13,9(14)7-3-1-5-16-7)10(15)8-4-2-6-17-8/h1-6,9-10,14-15H/t9-,10-/m1/s1. The lowest BCUT2D eigenvalue weighted by atomic mass is 10.0. The molecule has 0 fully saturated rings. The molecule has 2 aromatic rings. The van der Waals surface area contributed by atoms with Crippen LogP contribution in [0.25, 0.3) is 0 Å². The summed E-state index contributed by atoms with van der Waals surface area (Å²) in [7, 11) is 0. The van der Waals surface area contributed by atoms with Gasteiger partial charge in [0, 0.05) is 0 Å². The van der Waals surface area contributed by atoms with Crippen molar-refractivity contribution in [3.8, 4) is 0 Å². The van der Waals surface area contributed by atoms with Gasteiger partial charge in [0.15, 0.2) is 12.2 Å². The third kappa shape index (κ3) is 2.09. The van der Waals surface area contributed by atoms with Crippen molar-refractivity contribution in [1.82, 2.24) is 0 Å². The Hall–Kier alpha value is -1.66. The second kappa shape index (κ2) is 4.31. The quantitative estimate of drug-likeness (QED) is 0.865. The summed E-state index contributed by atoms with van der Waals surface area (Å²) in [4.78, 5) is 0. The van der Waals surface area contributed by atoms with Gasteiger partial charge in [-0.2, -0.15) is 8.78 Å². The van der Waals surface area contributed by atoms with E-state index in [1.165, 1.54) is 24.3 Å². The van der Waals surface area contributed by atoms with Crippen molar-refractivity contribution in [1.29, 1.82) is 0 Å². The van der Waals surface area contributed by atoms with Crippen molar-refractivity contribution in [2.24, 2.45) is 0 Å². The molecule has 4 nitrogen and oxygen atoms in total. The molecule has 2 atom stereocenters. The maximum atomic E-state index is 13.7. The molecular weight excluding hydrogens is 234 g/mol. The fourth-order valence-electron chi connectivity index (χ4n) is 1.42. The minimum atomic E-state index is -3.81. The molecule has 0 saturated carbocycles. The summed E-state index contributed by atoms with van der Waals surface area (Å²) < 4.78 is 36.8. The summed E-state index contributed by atoms with van der Waals surface area (Å²) in [6.45, 7) is 0. The van der Waals surface area contributed by atoms with E-state index in [-0.39, 0.29) is 11.5 Å². The molecule has 0 unspecified atom stereocenters. The Morgan fingerprint density at radius 2 is 1.35 bits per heavy atom. The van der Waals surface area contributed by atoms with Crippen molar-refractivity contribution < 1.29 is 27.8 Å². The molecule has 2 rings (SSSR count). The molecule has 92 valence electrons. The summed E-state index contributed by atoms with van der Waals surface area (Å²) in [5.41, 5.74) is 0. The number of alkyl halides is 2. The average molecular weight is 244 g/mol. The van der Waals surface area contributed by atoms with E-state index < -0.39 is 18.1 Å². The highest BCUT2D eigenvalue weighted by atomic mass is 19.3. The molecule has 0 amide bonds. The lowest BCUT2D eigenvalue weighted by Gasteiger charge is -2.24. The van der Waals surface area contributed by atoms with Crippen molar-refractivity contribution in [2.45, 2.75) is 18.1 Å². The van der Waals surface area contributed by atoms with Crippen LogP contribution in [0.4, 0.5) is 8.78 Å². The molecule has 6 heteroatoms. The van der Waals surface area contributed by atoms with Crippen LogP contribution in [-0.4, -0.2) is 16.1 Å². The van der Waals surface area contributed by atoms with E-state index in [0.717, 1.165) is 12.5 Å². The highest BCUT2D eigenvalue weighted by molar-refractivity contribution is 5.12. The first-order chi connectivity index (χ1) is 8.03. The number of hydrogen-bond acceptors (Lipinski definition) is 4. The van der Waals surface area contributed by atoms with E-state index in [1.807, 2.05) is 0 Å². The van der Waals surface area contributed by atoms with E-state index in [9.17, 15) is 19.0 Å². The van der Waals surface area contributed by atoms with Gasteiger partial charge in [0.05, 0.1) is 12.5 Å². The molecular formula is C11H10F2O4. The summed E-state index contributed by atoms with van der Waals surface area (Å²) in [5.74, 6) is -4.45. The zero-order valence-electron chi connectivity index (χ0n) is 8.59. The maximum absolute atomic E-state index is 13.7. The highest BCUT2D eigenvalue weighted by Crippen LogP contribution is 2.41. The molecule has 0 aromatic carbocycles. The van der Waals surface area contributed by atoms with E-state index in [2.05, 4.69) is 8.83 Å². The second-order valence-electron chi connectivity index (χ2n) is 3.51. The van der Waals surface area contributed by atoms with Gasteiger partial charge in [-0.15, -0.1) is 0 Å². The fourth-order valence-corrected chi connectivity index (χ4v) is 1.42. The van der Waals surface area contributed by atoms with Gasteiger partial charge in [0.2, 0.25) is 0 Å². The lowest BCUT2D eigenvalue weighted by Crippen LogP contribution is -2.33. The number of furan rings is 2. The molecule has 0 spiro atoms. The van der Waals surface area contributed by atoms with Crippen LogP contribution in [0.2, 0.25) is 0 Å². The van der Waals surface area contributed by atoms with Crippen LogP contribution in [0.15, 0.2) is 45.6 Å². The van der Waals surface area contributed by atoms with Crippen molar-refractivity contribution in [3.63, 3.8) is 0 Å². The highest BCUT2D eigenvalue weighted by Gasteiger charge is 2.50. The zero-order valence-corrected chi connectivity index (χ0v) is 8.59. The van der Waals surface area contributed by atoms with Crippen molar-refractivity contribution in [2.75, 3.05) is 0 Å². The fraction of sp³-hybridized carbons (Fsp3) is 0.273. The smallest absolute Gasteiger partial charge is 0.313 e. The minimum absolute atomic E-state index is 0.319. The van der Waals surface area contributed by atoms with Crippen LogP contribution in [0, 0.1) is 0 Å². The Morgan fingerprint density at radius 3 is 1.65 bits per heavy atom. The number of aliphatic hydroxyl groups is 2. The Balaban J connectivity index is 2.23. The Bertz CT molecular complexity index is 408.